The molecule has 0 spiro atoms. The highest BCUT2D eigenvalue weighted by Crippen LogP contribution is 2.28. The molecule has 14 heteroatoms. The minimum atomic E-state index is -0.182. The molecule has 0 radical (unpaired) electrons. The first-order valence-electron chi connectivity index (χ1n) is 17.1. The quantitative estimate of drug-likeness (QED) is 0.174. The van der Waals surface area contributed by atoms with Gasteiger partial charge in [-0.1, -0.05) is 24.3 Å². The van der Waals surface area contributed by atoms with Gasteiger partial charge in [-0.25, -0.2) is 14.6 Å². The molecule has 1 fully saturated rings. The van der Waals surface area contributed by atoms with Crippen LogP contribution in [0.5, 0.6) is 11.5 Å². The number of benzene rings is 2. The fraction of sp³-hybridized carbons (Fsp3) is 0.237. The van der Waals surface area contributed by atoms with Gasteiger partial charge in [-0.15, -0.1) is 5.10 Å². The Hall–Kier alpha value is -6.57. The number of tetrazole rings is 1. The van der Waals surface area contributed by atoms with Crippen molar-refractivity contribution in [2.24, 2.45) is 0 Å². The third-order valence-corrected chi connectivity index (χ3v) is 9.36. The normalized spacial score (nSPS) is 15.5. The summed E-state index contributed by atoms with van der Waals surface area (Å²) in [5.41, 5.74) is 5.02. The molecule has 0 unspecified atom stereocenters. The van der Waals surface area contributed by atoms with Gasteiger partial charge in [-0.3, -0.25) is 9.36 Å². The second-order valence-electron chi connectivity index (χ2n) is 12.7. The Labute approximate surface area is 299 Å². The largest absolute Gasteiger partial charge is 0.497 e. The molecule has 7 aromatic rings. The van der Waals surface area contributed by atoms with Crippen molar-refractivity contribution in [1.82, 2.24) is 44.3 Å². The SMILES string of the molecule is COc1ccc(Cn2nnnc2-c2ccc(=O)n(-c3ccc(N[C@H]4CC[C@H](Nc5nc6ncccc6n5Cc5ccc(OC)cc5)C4)nc3)c2)cc1. The van der Waals surface area contributed by atoms with Crippen LogP contribution in [0.4, 0.5) is 11.8 Å². The lowest BCUT2D eigenvalue weighted by molar-refractivity contribution is 0.414. The van der Waals surface area contributed by atoms with E-state index in [9.17, 15) is 4.79 Å². The van der Waals surface area contributed by atoms with Crippen LogP contribution < -0.4 is 25.7 Å². The number of hydrogen-bond donors (Lipinski definition) is 2. The zero-order valence-electron chi connectivity index (χ0n) is 28.8. The monoisotopic (exact) mass is 695 g/mol. The number of imidazole rings is 1. The summed E-state index contributed by atoms with van der Waals surface area (Å²) >= 11 is 0. The molecule has 0 amide bonds. The number of hydrogen-bond acceptors (Lipinski definition) is 11. The van der Waals surface area contributed by atoms with Gasteiger partial charge in [-0.05, 0) is 95.4 Å². The van der Waals surface area contributed by atoms with Gasteiger partial charge in [0.05, 0.1) is 44.7 Å². The fourth-order valence-electron chi connectivity index (χ4n) is 6.64. The van der Waals surface area contributed by atoms with Gasteiger partial charge >= 0.3 is 0 Å². The minimum Gasteiger partial charge on any atom is -0.497 e. The average Bonchev–Trinajstić information content (AvgIpc) is 3.92. The van der Waals surface area contributed by atoms with Gasteiger partial charge in [0.15, 0.2) is 11.5 Å². The molecule has 8 rings (SSSR count). The number of nitrogens with one attached hydrogen (secondary N) is 2. The number of methoxy groups -OCH3 is 2. The van der Waals surface area contributed by atoms with Crippen LogP contribution in [0.25, 0.3) is 28.2 Å². The number of anilines is 2. The molecule has 2 N–H and O–H groups in total. The zero-order chi connectivity index (χ0) is 35.4. The molecule has 5 heterocycles. The Balaban J connectivity index is 0.930. The summed E-state index contributed by atoms with van der Waals surface area (Å²) in [4.78, 5) is 27.0. The van der Waals surface area contributed by atoms with Crippen LogP contribution in [0.2, 0.25) is 0 Å². The molecule has 0 saturated heterocycles. The molecule has 2 atom stereocenters. The van der Waals surface area contributed by atoms with Crippen LogP contribution in [0.3, 0.4) is 0 Å². The van der Waals surface area contributed by atoms with E-state index in [1.807, 2.05) is 54.6 Å². The third kappa shape index (κ3) is 6.90. The van der Waals surface area contributed by atoms with E-state index in [0.717, 1.165) is 59.2 Å². The lowest BCUT2D eigenvalue weighted by Crippen LogP contribution is -2.23. The molecule has 0 bridgehead atoms. The van der Waals surface area contributed by atoms with Crippen molar-refractivity contribution in [2.45, 2.75) is 44.4 Å². The lowest BCUT2D eigenvalue weighted by atomic mass is 10.2. The molecule has 2 aromatic carbocycles. The predicted molar refractivity (Wildman–Crippen MR) is 197 cm³/mol. The summed E-state index contributed by atoms with van der Waals surface area (Å²) in [6.07, 6.45) is 8.07. The molecule has 52 heavy (non-hydrogen) atoms. The first kappa shape index (κ1) is 32.6. The lowest BCUT2D eigenvalue weighted by Gasteiger charge is -2.17. The molecule has 1 saturated carbocycles. The highest BCUT2D eigenvalue weighted by molar-refractivity contribution is 5.74. The highest BCUT2D eigenvalue weighted by atomic mass is 16.5. The maximum Gasteiger partial charge on any atom is 0.255 e. The topological polar surface area (TPSA) is 152 Å². The molecule has 262 valence electrons. The second kappa shape index (κ2) is 14.3. The number of fused-ring (bicyclic) bond motifs is 1. The minimum absolute atomic E-state index is 0.182. The molecule has 1 aliphatic carbocycles. The average molecular weight is 696 g/mol. The van der Waals surface area contributed by atoms with Crippen molar-refractivity contribution < 1.29 is 9.47 Å². The Morgan fingerprint density at radius 3 is 2.25 bits per heavy atom. The van der Waals surface area contributed by atoms with Crippen molar-refractivity contribution in [3.63, 3.8) is 0 Å². The second-order valence-corrected chi connectivity index (χ2v) is 12.7. The summed E-state index contributed by atoms with van der Waals surface area (Å²) in [5.74, 6) is 3.71. The van der Waals surface area contributed by atoms with Gasteiger partial charge in [0.2, 0.25) is 5.95 Å². The van der Waals surface area contributed by atoms with Crippen molar-refractivity contribution in [3.05, 3.63) is 125 Å². The summed E-state index contributed by atoms with van der Waals surface area (Å²) in [6.45, 7) is 1.12. The van der Waals surface area contributed by atoms with E-state index in [1.54, 1.807) is 48.1 Å². The first-order chi connectivity index (χ1) is 25.5. The van der Waals surface area contributed by atoms with Gasteiger partial charge in [0, 0.05) is 36.1 Å². The zero-order valence-corrected chi connectivity index (χ0v) is 28.8. The van der Waals surface area contributed by atoms with Crippen molar-refractivity contribution in [1.29, 1.82) is 0 Å². The van der Waals surface area contributed by atoms with Gasteiger partial charge in [0.1, 0.15) is 17.3 Å². The predicted octanol–water partition coefficient (Wildman–Crippen LogP) is 5.19. The van der Waals surface area contributed by atoms with Gasteiger partial charge in [-0.2, -0.15) is 4.98 Å². The number of aromatic nitrogens is 9. The van der Waals surface area contributed by atoms with Crippen LogP contribution in [-0.2, 0) is 13.1 Å². The summed E-state index contributed by atoms with van der Waals surface area (Å²) in [7, 11) is 3.31. The molecule has 5 aromatic heterocycles. The summed E-state index contributed by atoms with van der Waals surface area (Å²) in [5, 5.41) is 19.6. The van der Waals surface area contributed by atoms with Crippen molar-refractivity contribution in [2.75, 3.05) is 24.9 Å². The van der Waals surface area contributed by atoms with E-state index >= 15 is 0 Å². The molecule has 1 aliphatic rings. The van der Waals surface area contributed by atoms with Crippen LogP contribution >= 0.6 is 0 Å². The highest BCUT2D eigenvalue weighted by Gasteiger charge is 2.27. The Morgan fingerprint density at radius 2 is 1.54 bits per heavy atom. The van der Waals surface area contributed by atoms with E-state index in [4.69, 9.17) is 14.5 Å². The summed E-state index contributed by atoms with van der Waals surface area (Å²) < 4.78 is 16.0. The Bertz CT molecular complexity index is 2350. The van der Waals surface area contributed by atoms with E-state index in [-0.39, 0.29) is 17.6 Å². The van der Waals surface area contributed by atoms with Crippen molar-refractivity contribution >= 4 is 22.9 Å². The van der Waals surface area contributed by atoms with Crippen LogP contribution in [-0.4, -0.2) is 70.6 Å². The smallest absolute Gasteiger partial charge is 0.255 e. The van der Waals surface area contributed by atoms with Crippen LogP contribution in [0.1, 0.15) is 30.4 Å². The number of pyridine rings is 3. The Kier molecular flexibility index (Phi) is 9.00. The summed E-state index contributed by atoms with van der Waals surface area (Å²) in [6, 6.07) is 27.3. The molecular weight excluding hydrogens is 658 g/mol. The molecular formula is C38H37N11O3. The van der Waals surface area contributed by atoms with Gasteiger partial charge in [0.25, 0.3) is 5.56 Å². The van der Waals surface area contributed by atoms with Crippen LogP contribution in [0, 0.1) is 0 Å². The Morgan fingerprint density at radius 1 is 0.808 bits per heavy atom. The third-order valence-electron chi connectivity index (χ3n) is 9.36. The fourth-order valence-corrected chi connectivity index (χ4v) is 6.64. The maximum atomic E-state index is 13.0. The maximum absolute atomic E-state index is 13.0. The van der Waals surface area contributed by atoms with Crippen molar-refractivity contribution in [3.8, 4) is 28.6 Å². The number of ether oxygens (including phenoxy) is 2. The number of nitrogens with zero attached hydrogens (tertiary/aromatic N) is 9. The standard InChI is InChI=1S/C38H37N11O3/c1-51-31-13-5-25(6-14-31)22-48-33-4-3-19-39-36(33)43-38(48)42-29-11-10-28(20-29)41-34-17-12-30(21-40-34)47-24-27(9-18-35(47)50)37-44-45-46-49(37)23-26-7-15-32(52-2)16-8-26/h3-9,12-19,21,24,28-29H,10-11,20,22-23H2,1-2H3,(H,40,41)(H,39,42,43)/t28-,29-/m0/s1. The molecule has 14 nitrogen and oxygen atoms in total. The van der Waals surface area contributed by atoms with Crippen LogP contribution in [0.15, 0.2) is 108 Å². The first-order valence-corrected chi connectivity index (χ1v) is 17.1. The van der Waals surface area contributed by atoms with E-state index in [0.29, 0.717) is 35.8 Å². The van der Waals surface area contributed by atoms with Gasteiger partial charge < -0.3 is 24.7 Å². The number of rotatable bonds is 12. The molecule has 0 aliphatic heterocycles. The van der Waals surface area contributed by atoms with E-state index < -0.39 is 0 Å². The van der Waals surface area contributed by atoms with E-state index in [2.05, 4.69) is 58.9 Å². The van der Waals surface area contributed by atoms with E-state index in [1.165, 1.54) is 6.07 Å².